The van der Waals surface area contributed by atoms with Crippen molar-refractivity contribution in [3.63, 3.8) is 0 Å². The SMILES string of the molecule is CC(C)[C@H]1CN(C(=O)CN)CCN1. The monoisotopic (exact) mass is 185 g/mol. The maximum Gasteiger partial charge on any atom is 0.236 e. The molecule has 76 valence electrons. The van der Waals surface area contributed by atoms with Crippen LogP contribution in [0.1, 0.15) is 13.8 Å². The van der Waals surface area contributed by atoms with Gasteiger partial charge in [0.05, 0.1) is 6.54 Å². The summed E-state index contributed by atoms with van der Waals surface area (Å²) in [7, 11) is 0. The van der Waals surface area contributed by atoms with Crippen LogP contribution in [0.3, 0.4) is 0 Å². The van der Waals surface area contributed by atoms with Crippen LogP contribution in [-0.4, -0.2) is 43.0 Å². The number of nitrogens with two attached hydrogens (primary N) is 1. The Morgan fingerprint density at radius 3 is 2.92 bits per heavy atom. The predicted octanol–water partition coefficient (Wildman–Crippen LogP) is -0.598. The van der Waals surface area contributed by atoms with Gasteiger partial charge >= 0.3 is 0 Å². The van der Waals surface area contributed by atoms with Gasteiger partial charge in [0.15, 0.2) is 0 Å². The highest BCUT2D eigenvalue weighted by atomic mass is 16.2. The molecule has 1 heterocycles. The number of nitrogens with zero attached hydrogens (tertiary/aromatic N) is 1. The number of nitrogens with one attached hydrogen (secondary N) is 1. The maximum absolute atomic E-state index is 11.3. The van der Waals surface area contributed by atoms with Crippen LogP contribution in [0.5, 0.6) is 0 Å². The van der Waals surface area contributed by atoms with Crippen LogP contribution >= 0.6 is 0 Å². The first-order valence-corrected chi connectivity index (χ1v) is 4.86. The Kier molecular flexibility index (Phi) is 3.69. The summed E-state index contributed by atoms with van der Waals surface area (Å²) in [6.07, 6.45) is 0. The van der Waals surface area contributed by atoms with Gasteiger partial charge in [-0.25, -0.2) is 0 Å². The number of amides is 1. The molecule has 0 aromatic carbocycles. The van der Waals surface area contributed by atoms with Crippen LogP contribution in [0.25, 0.3) is 0 Å². The quantitative estimate of drug-likeness (QED) is 0.604. The topological polar surface area (TPSA) is 58.4 Å². The lowest BCUT2D eigenvalue weighted by Gasteiger charge is -2.35. The number of carbonyl (C=O) groups excluding carboxylic acids is 1. The predicted molar refractivity (Wildman–Crippen MR) is 52.3 cm³/mol. The molecular weight excluding hydrogens is 166 g/mol. The van der Waals surface area contributed by atoms with Gasteiger partial charge in [0.1, 0.15) is 0 Å². The number of piperazine rings is 1. The molecule has 0 aromatic heterocycles. The van der Waals surface area contributed by atoms with Gasteiger partial charge in [-0.1, -0.05) is 13.8 Å². The summed E-state index contributed by atoms with van der Waals surface area (Å²) in [6.45, 7) is 6.93. The van der Waals surface area contributed by atoms with E-state index >= 15 is 0 Å². The summed E-state index contributed by atoms with van der Waals surface area (Å²) < 4.78 is 0. The Balaban J connectivity index is 2.46. The first-order chi connectivity index (χ1) is 6.15. The number of rotatable bonds is 2. The summed E-state index contributed by atoms with van der Waals surface area (Å²) >= 11 is 0. The molecule has 1 fully saturated rings. The van der Waals surface area contributed by atoms with Crippen LogP contribution in [0.15, 0.2) is 0 Å². The molecule has 4 heteroatoms. The second-order valence-electron chi connectivity index (χ2n) is 3.85. The van der Waals surface area contributed by atoms with Crippen molar-refractivity contribution < 1.29 is 4.79 Å². The Labute approximate surface area is 79.5 Å². The van der Waals surface area contributed by atoms with E-state index in [1.807, 2.05) is 4.90 Å². The van der Waals surface area contributed by atoms with Gasteiger partial charge in [-0.15, -0.1) is 0 Å². The van der Waals surface area contributed by atoms with Crippen molar-refractivity contribution in [3.8, 4) is 0 Å². The molecule has 0 saturated carbocycles. The Hall–Kier alpha value is -0.610. The zero-order valence-corrected chi connectivity index (χ0v) is 8.42. The number of carbonyl (C=O) groups is 1. The van der Waals surface area contributed by atoms with Crippen LogP contribution in [0.4, 0.5) is 0 Å². The van der Waals surface area contributed by atoms with Gasteiger partial charge in [0.2, 0.25) is 5.91 Å². The van der Waals surface area contributed by atoms with Gasteiger partial charge < -0.3 is 16.0 Å². The Bertz CT molecular complexity index is 182. The van der Waals surface area contributed by atoms with E-state index in [1.165, 1.54) is 0 Å². The minimum absolute atomic E-state index is 0.0622. The number of hydrogen-bond donors (Lipinski definition) is 2. The average molecular weight is 185 g/mol. The fraction of sp³-hybridized carbons (Fsp3) is 0.889. The third kappa shape index (κ3) is 2.67. The zero-order valence-electron chi connectivity index (χ0n) is 8.42. The Morgan fingerprint density at radius 1 is 1.69 bits per heavy atom. The summed E-state index contributed by atoms with van der Waals surface area (Å²) in [5.41, 5.74) is 5.31. The van der Waals surface area contributed by atoms with E-state index in [9.17, 15) is 4.79 Å². The third-order valence-corrected chi connectivity index (χ3v) is 2.54. The molecule has 1 aliphatic heterocycles. The molecule has 0 bridgehead atoms. The highest BCUT2D eigenvalue weighted by Crippen LogP contribution is 2.07. The summed E-state index contributed by atoms with van der Waals surface area (Å²) in [5.74, 6) is 0.625. The Morgan fingerprint density at radius 2 is 2.38 bits per heavy atom. The molecule has 0 aromatic rings. The molecule has 0 unspecified atom stereocenters. The summed E-state index contributed by atoms with van der Waals surface area (Å²) in [6, 6.07) is 0.421. The van der Waals surface area contributed by atoms with Crippen molar-refractivity contribution in [2.24, 2.45) is 11.7 Å². The van der Waals surface area contributed by atoms with Gasteiger partial charge in [-0.3, -0.25) is 4.79 Å². The fourth-order valence-electron chi connectivity index (χ4n) is 1.58. The van der Waals surface area contributed by atoms with Crippen molar-refractivity contribution in [2.75, 3.05) is 26.2 Å². The minimum atomic E-state index is 0.0622. The highest BCUT2D eigenvalue weighted by Gasteiger charge is 2.23. The smallest absolute Gasteiger partial charge is 0.236 e. The second-order valence-corrected chi connectivity index (χ2v) is 3.85. The van der Waals surface area contributed by atoms with Crippen LogP contribution in [0.2, 0.25) is 0 Å². The summed E-state index contributed by atoms with van der Waals surface area (Å²) in [4.78, 5) is 13.2. The molecule has 13 heavy (non-hydrogen) atoms. The lowest BCUT2D eigenvalue weighted by atomic mass is 10.0. The van der Waals surface area contributed by atoms with Gasteiger partial charge in [-0.05, 0) is 5.92 Å². The van der Waals surface area contributed by atoms with Gasteiger partial charge in [0.25, 0.3) is 0 Å². The van der Waals surface area contributed by atoms with Crippen molar-refractivity contribution in [3.05, 3.63) is 0 Å². The van der Waals surface area contributed by atoms with E-state index < -0.39 is 0 Å². The molecule has 4 nitrogen and oxygen atoms in total. The van der Waals surface area contributed by atoms with E-state index in [4.69, 9.17) is 5.73 Å². The largest absolute Gasteiger partial charge is 0.339 e. The molecule has 1 rings (SSSR count). The standard InChI is InChI=1S/C9H19N3O/c1-7(2)8-6-12(4-3-11-8)9(13)5-10/h7-8,11H,3-6,10H2,1-2H3/t8-/m1/s1. The van der Waals surface area contributed by atoms with E-state index in [1.54, 1.807) is 0 Å². The van der Waals surface area contributed by atoms with Crippen molar-refractivity contribution in [2.45, 2.75) is 19.9 Å². The van der Waals surface area contributed by atoms with E-state index in [-0.39, 0.29) is 12.5 Å². The molecule has 1 atom stereocenters. The lowest BCUT2D eigenvalue weighted by molar-refractivity contribution is -0.131. The molecule has 3 N–H and O–H groups in total. The van der Waals surface area contributed by atoms with E-state index in [0.29, 0.717) is 12.0 Å². The van der Waals surface area contributed by atoms with Gasteiger partial charge in [0, 0.05) is 25.7 Å². The van der Waals surface area contributed by atoms with Crippen molar-refractivity contribution >= 4 is 5.91 Å². The van der Waals surface area contributed by atoms with Gasteiger partial charge in [-0.2, -0.15) is 0 Å². The lowest BCUT2D eigenvalue weighted by Crippen LogP contribution is -2.55. The number of hydrogen-bond acceptors (Lipinski definition) is 3. The van der Waals surface area contributed by atoms with Crippen molar-refractivity contribution in [1.82, 2.24) is 10.2 Å². The molecule has 1 aliphatic rings. The van der Waals surface area contributed by atoms with Crippen LogP contribution in [-0.2, 0) is 4.79 Å². The second kappa shape index (κ2) is 4.58. The summed E-state index contributed by atoms with van der Waals surface area (Å²) in [5, 5.41) is 3.39. The first-order valence-electron chi connectivity index (χ1n) is 4.86. The molecule has 1 amide bonds. The highest BCUT2D eigenvalue weighted by molar-refractivity contribution is 5.78. The fourth-order valence-corrected chi connectivity index (χ4v) is 1.58. The first kappa shape index (κ1) is 10.5. The molecule has 0 radical (unpaired) electrons. The average Bonchev–Trinajstić information content (AvgIpc) is 2.17. The normalized spacial score (nSPS) is 23.7. The zero-order chi connectivity index (χ0) is 9.84. The molecule has 0 spiro atoms. The third-order valence-electron chi connectivity index (χ3n) is 2.54. The van der Waals surface area contributed by atoms with Crippen LogP contribution in [0, 0.1) is 5.92 Å². The molecule has 1 saturated heterocycles. The molecular formula is C9H19N3O. The van der Waals surface area contributed by atoms with E-state index in [0.717, 1.165) is 19.6 Å². The minimum Gasteiger partial charge on any atom is -0.339 e. The van der Waals surface area contributed by atoms with Crippen LogP contribution < -0.4 is 11.1 Å². The van der Waals surface area contributed by atoms with E-state index in [2.05, 4.69) is 19.2 Å². The molecule has 0 aliphatic carbocycles. The van der Waals surface area contributed by atoms with Crippen molar-refractivity contribution in [1.29, 1.82) is 0 Å². The maximum atomic E-state index is 11.3.